The van der Waals surface area contributed by atoms with Gasteiger partial charge in [0.05, 0.1) is 15.7 Å². The molecule has 1 saturated heterocycles. The molecule has 2 atom stereocenters. The number of anilines is 1. The summed E-state index contributed by atoms with van der Waals surface area (Å²) in [4.78, 5) is 4.09. The Kier molecular flexibility index (Phi) is 4.16. The first-order valence-corrected chi connectivity index (χ1v) is 10.7. The molecule has 0 saturated carbocycles. The standard InChI is InChI=1S/C20H20Cl2N2S/c21-16-4-1-3-12(18(16)22)14-6-5-13-15-11-23-8-7-17(15)24-9-2-10-25-20(14)19(13)24/h1,3-6,15,17,23H,2,7-11H2/t15-,17-/m0/s1. The van der Waals surface area contributed by atoms with Crippen molar-refractivity contribution in [3.05, 3.63) is 45.9 Å². The molecule has 25 heavy (non-hydrogen) atoms. The highest BCUT2D eigenvalue weighted by Gasteiger charge is 2.42. The summed E-state index contributed by atoms with van der Waals surface area (Å²) in [7, 11) is 0. The minimum atomic E-state index is 0.616. The molecule has 0 aliphatic carbocycles. The van der Waals surface area contributed by atoms with Crippen LogP contribution in [0.15, 0.2) is 35.2 Å². The number of fused-ring (bicyclic) bond motifs is 3. The number of rotatable bonds is 1. The van der Waals surface area contributed by atoms with Crippen molar-refractivity contribution in [2.75, 3.05) is 30.3 Å². The highest BCUT2D eigenvalue weighted by atomic mass is 35.5. The van der Waals surface area contributed by atoms with E-state index in [0.29, 0.717) is 22.0 Å². The predicted molar refractivity (Wildman–Crippen MR) is 109 cm³/mol. The lowest BCUT2D eigenvalue weighted by Gasteiger charge is -2.33. The molecule has 0 amide bonds. The van der Waals surface area contributed by atoms with E-state index in [1.165, 1.54) is 41.1 Å². The lowest BCUT2D eigenvalue weighted by Crippen LogP contribution is -2.44. The fraction of sp³-hybridized carbons (Fsp3) is 0.400. The second-order valence-corrected chi connectivity index (χ2v) is 8.93. The smallest absolute Gasteiger partial charge is 0.0671 e. The summed E-state index contributed by atoms with van der Waals surface area (Å²) >= 11 is 14.8. The van der Waals surface area contributed by atoms with Gasteiger partial charge in [-0.05, 0) is 42.3 Å². The zero-order chi connectivity index (χ0) is 17.0. The van der Waals surface area contributed by atoms with Gasteiger partial charge in [0.15, 0.2) is 0 Å². The van der Waals surface area contributed by atoms with Crippen LogP contribution in [0.4, 0.5) is 5.69 Å². The van der Waals surface area contributed by atoms with Gasteiger partial charge in [0.1, 0.15) is 0 Å². The topological polar surface area (TPSA) is 15.3 Å². The van der Waals surface area contributed by atoms with Crippen molar-refractivity contribution >= 4 is 40.7 Å². The molecular weight excluding hydrogens is 371 g/mol. The van der Waals surface area contributed by atoms with Gasteiger partial charge in [-0.1, -0.05) is 47.5 Å². The molecule has 2 aromatic rings. The van der Waals surface area contributed by atoms with Crippen molar-refractivity contribution in [1.82, 2.24) is 5.32 Å². The van der Waals surface area contributed by atoms with E-state index in [4.69, 9.17) is 23.2 Å². The fourth-order valence-electron chi connectivity index (χ4n) is 4.64. The third kappa shape index (κ3) is 2.51. The van der Waals surface area contributed by atoms with Crippen LogP contribution in [0, 0.1) is 0 Å². The molecule has 0 bridgehead atoms. The van der Waals surface area contributed by atoms with Crippen molar-refractivity contribution in [1.29, 1.82) is 0 Å². The number of thioether (sulfide) groups is 1. The molecule has 1 fully saturated rings. The second-order valence-electron chi connectivity index (χ2n) is 7.04. The van der Waals surface area contributed by atoms with Crippen molar-refractivity contribution in [2.45, 2.75) is 29.7 Å². The molecule has 0 radical (unpaired) electrons. The maximum atomic E-state index is 6.56. The molecule has 1 N–H and O–H groups in total. The molecule has 2 aromatic carbocycles. The van der Waals surface area contributed by atoms with Crippen LogP contribution in [0.5, 0.6) is 0 Å². The normalized spacial score (nSPS) is 24.6. The summed E-state index contributed by atoms with van der Waals surface area (Å²) in [6.07, 6.45) is 2.47. The molecular formula is C20H20Cl2N2S. The summed E-state index contributed by atoms with van der Waals surface area (Å²) in [6.45, 7) is 3.39. The second kappa shape index (κ2) is 6.38. The number of benzene rings is 2. The number of nitrogens with one attached hydrogen (secondary N) is 1. The number of hydrogen-bond donors (Lipinski definition) is 1. The Morgan fingerprint density at radius 3 is 2.96 bits per heavy atom. The number of piperidine rings is 1. The lowest BCUT2D eigenvalue weighted by molar-refractivity contribution is 0.403. The molecule has 0 aromatic heterocycles. The highest BCUT2D eigenvalue weighted by molar-refractivity contribution is 7.99. The lowest BCUT2D eigenvalue weighted by atomic mass is 9.89. The summed E-state index contributed by atoms with van der Waals surface area (Å²) in [6, 6.07) is 11.2. The SMILES string of the molecule is Clc1cccc(-c2ccc3c4c2SCCCN4[C@H]2CCNC[C@@H]32)c1Cl. The third-order valence-corrected chi connectivity index (χ3v) is 7.74. The number of hydrogen-bond acceptors (Lipinski definition) is 3. The molecule has 2 nitrogen and oxygen atoms in total. The first-order valence-electron chi connectivity index (χ1n) is 8.97. The van der Waals surface area contributed by atoms with E-state index in [1.807, 2.05) is 23.9 Å². The zero-order valence-electron chi connectivity index (χ0n) is 13.9. The largest absolute Gasteiger partial charge is 0.367 e. The maximum Gasteiger partial charge on any atom is 0.0671 e. The van der Waals surface area contributed by atoms with E-state index in [9.17, 15) is 0 Å². The Bertz CT molecular complexity index is 839. The average Bonchev–Trinajstić information content (AvgIpc) is 2.79. The number of nitrogens with zero attached hydrogens (tertiary/aromatic N) is 1. The Morgan fingerprint density at radius 1 is 1.12 bits per heavy atom. The molecule has 3 heterocycles. The molecule has 0 spiro atoms. The Labute approximate surface area is 162 Å². The van der Waals surface area contributed by atoms with Crippen LogP contribution < -0.4 is 10.2 Å². The summed E-state index contributed by atoms with van der Waals surface area (Å²) in [5, 5.41) is 4.87. The minimum absolute atomic E-state index is 0.616. The van der Waals surface area contributed by atoms with Crippen LogP contribution in [0.25, 0.3) is 11.1 Å². The van der Waals surface area contributed by atoms with Gasteiger partial charge in [0.2, 0.25) is 0 Å². The van der Waals surface area contributed by atoms with Gasteiger partial charge in [-0.2, -0.15) is 0 Å². The van der Waals surface area contributed by atoms with Crippen molar-refractivity contribution in [2.24, 2.45) is 0 Å². The minimum Gasteiger partial charge on any atom is -0.367 e. The first kappa shape index (κ1) is 16.3. The monoisotopic (exact) mass is 390 g/mol. The van der Waals surface area contributed by atoms with Crippen molar-refractivity contribution in [3.63, 3.8) is 0 Å². The molecule has 0 unspecified atom stereocenters. The van der Waals surface area contributed by atoms with E-state index in [-0.39, 0.29) is 0 Å². The van der Waals surface area contributed by atoms with Gasteiger partial charge in [0.25, 0.3) is 0 Å². The van der Waals surface area contributed by atoms with Gasteiger partial charge < -0.3 is 10.2 Å². The predicted octanol–water partition coefficient (Wildman–Crippen LogP) is 5.42. The Hall–Kier alpha value is -0.870. The van der Waals surface area contributed by atoms with Gasteiger partial charge in [-0.3, -0.25) is 0 Å². The van der Waals surface area contributed by atoms with Gasteiger partial charge in [-0.15, -0.1) is 11.8 Å². The zero-order valence-corrected chi connectivity index (χ0v) is 16.2. The molecule has 130 valence electrons. The van der Waals surface area contributed by atoms with Gasteiger partial charge in [-0.25, -0.2) is 0 Å². The van der Waals surface area contributed by atoms with Crippen LogP contribution in [-0.2, 0) is 0 Å². The first-order chi connectivity index (χ1) is 12.3. The van der Waals surface area contributed by atoms with Crippen molar-refractivity contribution < 1.29 is 0 Å². The van der Waals surface area contributed by atoms with Gasteiger partial charge >= 0.3 is 0 Å². The van der Waals surface area contributed by atoms with E-state index in [1.54, 1.807) is 0 Å². The van der Waals surface area contributed by atoms with Crippen LogP contribution in [0.1, 0.15) is 24.3 Å². The summed E-state index contributed by atoms with van der Waals surface area (Å²) < 4.78 is 0. The third-order valence-electron chi connectivity index (χ3n) is 5.73. The summed E-state index contributed by atoms with van der Waals surface area (Å²) in [5.74, 6) is 1.78. The number of halogens is 2. The molecule has 3 aliphatic heterocycles. The Balaban J connectivity index is 1.72. The fourth-order valence-corrected chi connectivity index (χ4v) is 6.22. The van der Waals surface area contributed by atoms with E-state index in [2.05, 4.69) is 28.4 Å². The molecule has 5 rings (SSSR count). The Morgan fingerprint density at radius 2 is 2.04 bits per heavy atom. The van der Waals surface area contributed by atoms with E-state index in [0.717, 1.165) is 24.4 Å². The van der Waals surface area contributed by atoms with Crippen LogP contribution in [-0.4, -0.2) is 31.4 Å². The quantitative estimate of drug-likeness (QED) is 0.699. The summed E-state index contributed by atoms with van der Waals surface area (Å²) in [5.41, 5.74) is 5.27. The van der Waals surface area contributed by atoms with E-state index < -0.39 is 0 Å². The molecule has 5 heteroatoms. The highest BCUT2D eigenvalue weighted by Crippen LogP contribution is 2.53. The van der Waals surface area contributed by atoms with Crippen LogP contribution in [0.2, 0.25) is 10.0 Å². The van der Waals surface area contributed by atoms with Gasteiger partial charge in [0, 0.05) is 35.5 Å². The maximum absolute atomic E-state index is 6.56. The van der Waals surface area contributed by atoms with Crippen LogP contribution in [0.3, 0.4) is 0 Å². The van der Waals surface area contributed by atoms with Crippen LogP contribution >= 0.6 is 35.0 Å². The van der Waals surface area contributed by atoms with Crippen molar-refractivity contribution in [3.8, 4) is 11.1 Å². The average molecular weight is 391 g/mol. The van der Waals surface area contributed by atoms with E-state index >= 15 is 0 Å². The molecule has 3 aliphatic rings.